The van der Waals surface area contributed by atoms with Crippen molar-refractivity contribution >= 4 is 29.4 Å². The number of aryl methyl sites for hydroxylation is 1. The number of piperidine rings is 1. The average molecular weight is 485 g/mol. The van der Waals surface area contributed by atoms with E-state index in [1.165, 1.54) is 12.0 Å². The molecule has 0 bridgehead atoms. The minimum Gasteiger partial charge on any atom is -0.383 e. The van der Waals surface area contributed by atoms with E-state index in [1.54, 1.807) is 23.2 Å². The van der Waals surface area contributed by atoms with Crippen LogP contribution >= 0.6 is 11.6 Å². The standard InChI is InChI=1S/C25H29ClN4O4/c1-17-7-8-19(16-27-17)22(31)29-11-9-20(10-12-29)25(15-18-5-3-4-6-21(18)26)23(32)30(13-14-34-2)24(33)28-25/h3-8,16,20H,9-15H2,1-2H3,(H,28,33)/t25-/m1/s1. The second-order valence-electron chi connectivity index (χ2n) is 8.87. The van der Waals surface area contributed by atoms with Crippen LogP contribution in [-0.2, 0) is 16.0 Å². The number of nitrogens with one attached hydrogen (secondary N) is 1. The van der Waals surface area contributed by atoms with Gasteiger partial charge in [0.25, 0.3) is 11.8 Å². The van der Waals surface area contributed by atoms with Gasteiger partial charge in [-0.3, -0.25) is 19.5 Å². The molecule has 0 radical (unpaired) electrons. The highest BCUT2D eigenvalue weighted by Crippen LogP contribution is 2.38. The number of hydrogen-bond donors (Lipinski definition) is 1. The molecule has 9 heteroatoms. The van der Waals surface area contributed by atoms with Gasteiger partial charge in [0.1, 0.15) is 5.54 Å². The number of carbonyl (C=O) groups is 3. The van der Waals surface area contributed by atoms with E-state index >= 15 is 0 Å². The minimum atomic E-state index is -1.11. The number of benzene rings is 1. The summed E-state index contributed by atoms with van der Waals surface area (Å²) in [6.45, 7) is 3.30. The number of urea groups is 1. The van der Waals surface area contributed by atoms with Gasteiger partial charge in [-0.15, -0.1) is 0 Å². The third-order valence-electron chi connectivity index (χ3n) is 6.79. The fourth-order valence-corrected chi connectivity index (χ4v) is 5.07. The van der Waals surface area contributed by atoms with Gasteiger partial charge in [0.2, 0.25) is 0 Å². The van der Waals surface area contributed by atoms with Crippen molar-refractivity contribution in [3.05, 3.63) is 64.4 Å². The summed E-state index contributed by atoms with van der Waals surface area (Å²) >= 11 is 6.43. The molecule has 1 aromatic carbocycles. The molecular formula is C25H29ClN4O4. The number of amides is 4. The highest BCUT2D eigenvalue weighted by molar-refractivity contribution is 6.31. The number of rotatable bonds is 7. The molecule has 2 aromatic rings. The zero-order valence-corrected chi connectivity index (χ0v) is 20.2. The number of aromatic nitrogens is 1. The highest BCUT2D eigenvalue weighted by atomic mass is 35.5. The Hall–Kier alpha value is -2.97. The molecule has 0 spiro atoms. The molecule has 0 aliphatic carbocycles. The van der Waals surface area contributed by atoms with Crippen LogP contribution in [0.15, 0.2) is 42.6 Å². The van der Waals surface area contributed by atoms with E-state index in [2.05, 4.69) is 10.3 Å². The van der Waals surface area contributed by atoms with Crippen LogP contribution in [0.25, 0.3) is 0 Å². The number of imide groups is 1. The lowest BCUT2D eigenvalue weighted by molar-refractivity contribution is -0.134. The van der Waals surface area contributed by atoms with Crippen LogP contribution in [0.4, 0.5) is 4.79 Å². The van der Waals surface area contributed by atoms with Crippen LogP contribution in [0.5, 0.6) is 0 Å². The molecule has 2 aliphatic rings. The van der Waals surface area contributed by atoms with Gasteiger partial charge in [-0.25, -0.2) is 4.79 Å². The van der Waals surface area contributed by atoms with Crippen LogP contribution in [0.1, 0.15) is 34.5 Å². The predicted octanol–water partition coefficient (Wildman–Crippen LogP) is 3.08. The summed E-state index contributed by atoms with van der Waals surface area (Å²) in [6, 6.07) is 10.6. The smallest absolute Gasteiger partial charge is 0.325 e. The van der Waals surface area contributed by atoms with Gasteiger partial charge in [-0.05, 0) is 49.4 Å². The number of likely N-dealkylation sites (tertiary alicyclic amines) is 1. The van der Waals surface area contributed by atoms with E-state index < -0.39 is 11.6 Å². The number of halogens is 1. The molecule has 2 saturated heterocycles. The van der Waals surface area contributed by atoms with Gasteiger partial charge < -0.3 is 15.0 Å². The largest absolute Gasteiger partial charge is 0.383 e. The summed E-state index contributed by atoms with van der Waals surface area (Å²) < 4.78 is 5.10. The fraction of sp³-hybridized carbons (Fsp3) is 0.440. The molecule has 4 rings (SSSR count). The number of methoxy groups -OCH3 is 1. The quantitative estimate of drug-likeness (QED) is 0.610. The first-order valence-corrected chi connectivity index (χ1v) is 11.8. The third kappa shape index (κ3) is 4.65. The predicted molar refractivity (Wildman–Crippen MR) is 128 cm³/mol. The molecule has 3 heterocycles. The summed E-state index contributed by atoms with van der Waals surface area (Å²) in [5.74, 6) is -0.482. The lowest BCUT2D eigenvalue weighted by Crippen LogP contribution is -2.58. The first-order chi connectivity index (χ1) is 16.4. The Morgan fingerprint density at radius 1 is 1.21 bits per heavy atom. The van der Waals surface area contributed by atoms with Crippen molar-refractivity contribution in [2.45, 2.75) is 31.7 Å². The summed E-state index contributed by atoms with van der Waals surface area (Å²) in [7, 11) is 1.53. The van der Waals surface area contributed by atoms with Gasteiger partial charge in [0, 0.05) is 43.5 Å². The molecule has 0 saturated carbocycles. The molecule has 1 aromatic heterocycles. The minimum absolute atomic E-state index is 0.0744. The van der Waals surface area contributed by atoms with Crippen LogP contribution in [0.3, 0.4) is 0 Å². The van der Waals surface area contributed by atoms with Crippen LogP contribution in [-0.4, -0.2) is 71.5 Å². The van der Waals surface area contributed by atoms with Crippen LogP contribution in [0.2, 0.25) is 5.02 Å². The van der Waals surface area contributed by atoms with Crippen molar-refractivity contribution in [1.82, 2.24) is 20.1 Å². The monoisotopic (exact) mass is 484 g/mol. The van der Waals surface area contributed by atoms with Crippen molar-refractivity contribution in [3.8, 4) is 0 Å². The van der Waals surface area contributed by atoms with Crippen LogP contribution < -0.4 is 5.32 Å². The summed E-state index contributed by atoms with van der Waals surface area (Å²) in [6.07, 6.45) is 3.05. The van der Waals surface area contributed by atoms with E-state index in [0.717, 1.165) is 11.3 Å². The van der Waals surface area contributed by atoms with Gasteiger partial charge in [-0.2, -0.15) is 0 Å². The van der Waals surface area contributed by atoms with Crippen molar-refractivity contribution in [3.63, 3.8) is 0 Å². The zero-order chi connectivity index (χ0) is 24.3. The molecule has 34 heavy (non-hydrogen) atoms. The Morgan fingerprint density at radius 3 is 2.59 bits per heavy atom. The Bertz CT molecular complexity index is 1070. The molecule has 1 N–H and O–H groups in total. The number of nitrogens with zero attached hydrogens (tertiary/aromatic N) is 3. The maximum absolute atomic E-state index is 13.7. The van der Waals surface area contributed by atoms with E-state index in [9.17, 15) is 14.4 Å². The summed E-state index contributed by atoms with van der Waals surface area (Å²) in [5.41, 5.74) is 1.09. The second-order valence-corrected chi connectivity index (χ2v) is 9.28. The molecule has 2 aliphatic heterocycles. The number of ether oxygens (including phenoxy) is 1. The Kier molecular flexibility index (Phi) is 7.19. The second kappa shape index (κ2) is 10.1. The van der Waals surface area contributed by atoms with Crippen molar-refractivity contribution < 1.29 is 19.1 Å². The topological polar surface area (TPSA) is 91.8 Å². The molecule has 2 fully saturated rings. The summed E-state index contributed by atoms with van der Waals surface area (Å²) in [4.78, 5) is 46.7. The van der Waals surface area contributed by atoms with Crippen molar-refractivity contribution in [2.75, 3.05) is 33.4 Å². The maximum Gasteiger partial charge on any atom is 0.325 e. The normalized spacial score (nSPS) is 21.1. The number of pyridine rings is 1. The van der Waals surface area contributed by atoms with Crippen LogP contribution in [0, 0.1) is 12.8 Å². The zero-order valence-electron chi connectivity index (χ0n) is 19.4. The first kappa shape index (κ1) is 24.2. The van der Waals surface area contributed by atoms with Crippen molar-refractivity contribution in [1.29, 1.82) is 0 Å². The molecule has 8 nitrogen and oxygen atoms in total. The van der Waals surface area contributed by atoms with Crippen molar-refractivity contribution in [2.24, 2.45) is 5.92 Å². The van der Waals surface area contributed by atoms with E-state index in [0.29, 0.717) is 42.9 Å². The highest BCUT2D eigenvalue weighted by Gasteiger charge is 2.56. The lowest BCUT2D eigenvalue weighted by Gasteiger charge is -2.41. The molecular weight excluding hydrogens is 456 g/mol. The van der Waals surface area contributed by atoms with Gasteiger partial charge in [0.15, 0.2) is 0 Å². The molecule has 4 amide bonds. The Morgan fingerprint density at radius 2 is 1.94 bits per heavy atom. The maximum atomic E-state index is 13.7. The SMILES string of the molecule is COCCN1C(=O)N[C@](Cc2ccccc2Cl)(C2CCN(C(=O)c3ccc(C)nc3)CC2)C1=O. The van der Waals surface area contributed by atoms with Gasteiger partial charge in [0.05, 0.1) is 18.7 Å². The first-order valence-electron chi connectivity index (χ1n) is 11.4. The fourth-order valence-electron chi connectivity index (χ4n) is 4.87. The van der Waals surface area contributed by atoms with E-state index in [1.807, 2.05) is 31.2 Å². The molecule has 0 unspecified atom stereocenters. The number of carbonyl (C=O) groups excluding carboxylic acids is 3. The van der Waals surface area contributed by atoms with Gasteiger partial charge >= 0.3 is 6.03 Å². The molecule has 180 valence electrons. The van der Waals surface area contributed by atoms with Gasteiger partial charge in [-0.1, -0.05) is 29.8 Å². The average Bonchev–Trinajstić information content (AvgIpc) is 3.09. The molecule has 1 atom stereocenters. The number of hydrogen-bond acceptors (Lipinski definition) is 5. The lowest BCUT2D eigenvalue weighted by atomic mass is 9.73. The third-order valence-corrected chi connectivity index (χ3v) is 7.15. The Labute approximate surface area is 204 Å². The van der Waals surface area contributed by atoms with E-state index in [4.69, 9.17) is 16.3 Å². The Balaban J connectivity index is 1.56. The summed E-state index contributed by atoms with van der Waals surface area (Å²) in [5, 5.41) is 3.57. The van der Waals surface area contributed by atoms with E-state index in [-0.39, 0.29) is 30.9 Å².